The maximum Gasteiger partial charge on any atom is 0.0811 e. The van der Waals surface area contributed by atoms with Crippen LogP contribution in [-0.4, -0.2) is 46.3 Å². The highest BCUT2D eigenvalue weighted by atomic mass is 16.5. The summed E-state index contributed by atoms with van der Waals surface area (Å²) in [5.74, 6) is 1.36. The van der Waals surface area contributed by atoms with Crippen molar-refractivity contribution >= 4 is 0 Å². The van der Waals surface area contributed by atoms with Crippen LogP contribution in [-0.2, 0) is 4.74 Å². The van der Waals surface area contributed by atoms with E-state index < -0.39 is 17.8 Å². The first-order valence-corrected chi connectivity index (χ1v) is 14.4. The molecule has 4 rings (SSSR count). The normalized spacial score (nSPS) is 37.1. The number of rotatable bonds is 10. The molecule has 3 N–H and O–H groups in total. The fourth-order valence-corrected chi connectivity index (χ4v) is 7.85. The van der Waals surface area contributed by atoms with Crippen molar-refractivity contribution in [3.05, 3.63) is 35.5 Å². The summed E-state index contributed by atoms with van der Waals surface area (Å²) in [6.45, 7) is 12.4. The first-order chi connectivity index (χ1) is 16.7. The molecule has 0 aliphatic heterocycles. The maximum atomic E-state index is 10.5. The molecule has 0 aromatic heterocycles. The smallest absolute Gasteiger partial charge is 0.0811 e. The van der Waals surface area contributed by atoms with Crippen LogP contribution >= 0.6 is 0 Å². The molecule has 0 spiro atoms. The van der Waals surface area contributed by atoms with Gasteiger partial charge < -0.3 is 20.1 Å². The highest BCUT2D eigenvalue weighted by Gasteiger charge is 2.61. The Hall–Kier alpha value is -0.940. The summed E-state index contributed by atoms with van der Waals surface area (Å²) < 4.78 is 6.28. The van der Waals surface area contributed by atoms with Gasteiger partial charge in [-0.25, -0.2) is 0 Å². The van der Waals surface area contributed by atoms with Crippen LogP contribution in [0, 0.1) is 22.7 Å². The summed E-state index contributed by atoms with van der Waals surface area (Å²) in [5, 5.41) is 30.8. The SMILES string of the molecule is C=C1C(=CC=C2CCC[C@]3(C)[C@@H](C4(COCCCC(O)(CC)CC)CC4)CC[C@@H]23)C[C@@H](O)C[C@@H]1O. The number of fused-ring (bicyclic) bond motifs is 1. The summed E-state index contributed by atoms with van der Waals surface area (Å²) in [4.78, 5) is 0. The van der Waals surface area contributed by atoms with Gasteiger partial charge in [0.2, 0.25) is 0 Å². The van der Waals surface area contributed by atoms with Crippen molar-refractivity contribution in [2.24, 2.45) is 22.7 Å². The Morgan fingerprint density at radius 2 is 1.86 bits per heavy atom. The lowest BCUT2D eigenvalue weighted by Crippen LogP contribution is -2.39. The first kappa shape index (κ1) is 27.1. The van der Waals surface area contributed by atoms with Gasteiger partial charge in [0.1, 0.15) is 0 Å². The van der Waals surface area contributed by atoms with E-state index in [0.717, 1.165) is 62.4 Å². The van der Waals surface area contributed by atoms with E-state index in [2.05, 4.69) is 39.5 Å². The number of ether oxygens (including phenoxy) is 1. The third-order valence-corrected chi connectivity index (χ3v) is 10.5. The van der Waals surface area contributed by atoms with Crippen molar-refractivity contribution in [3.8, 4) is 0 Å². The molecule has 0 heterocycles. The number of hydrogen-bond acceptors (Lipinski definition) is 4. The Bertz CT molecular complexity index is 818. The van der Waals surface area contributed by atoms with Gasteiger partial charge in [0, 0.05) is 13.0 Å². The highest BCUT2D eigenvalue weighted by Crippen LogP contribution is 2.68. The largest absolute Gasteiger partial charge is 0.393 e. The monoisotopic (exact) mass is 486 g/mol. The van der Waals surface area contributed by atoms with E-state index >= 15 is 0 Å². The van der Waals surface area contributed by atoms with Crippen molar-refractivity contribution in [1.29, 1.82) is 0 Å². The summed E-state index contributed by atoms with van der Waals surface area (Å²) in [7, 11) is 0. The van der Waals surface area contributed by atoms with Crippen LogP contribution in [0.3, 0.4) is 0 Å². The van der Waals surface area contributed by atoms with Crippen LogP contribution in [0.4, 0.5) is 0 Å². The van der Waals surface area contributed by atoms with E-state index in [9.17, 15) is 15.3 Å². The number of aliphatic hydroxyl groups is 3. The van der Waals surface area contributed by atoms with Gasteiger partial charge in [0.15, 0.2) is 0 Å². The van der Waals surface area contributed by atoms with Gasteiger partial charge in [-0.1, -0.05) is 45.1 Å². The molecule has 4 aliphatic rings. The van der Waals surface area contributed by atoms with Crippen LogP contribution in [0.2, 0.25) is 0 Å². The van der Waals surface area contributed by atoms with Gasteiger partial charge in [-0.3, -0.25) is 0 Å². The molecule has 0 aromatic rings. The molecule has 4 fully saturated rings. The summed E-state index contributed by atoms with van der Waals surface area (Å²) >= 11 is 0. The van der Waals surface area contributed by atoms with E-state index in [1.54, 1.807) is 5.57 Å². The summed E-state index contributed by atoms with van der Waals surface area (Å²) in [5.41, 5.74) is 3.53. The number of aliphatic hydroxyl groups excluding tert-OH is 2. The van der Waals surface area contributed by atoms with Gasteiger partial charge in [-0.15, -0.1) is 0 Å². The van der Waals surface area contributed by atoms with Crippen molar-refractivity contribution in [1.82, 2.24) is 0 Å². The highest BCUT2D eigenvalue weighted by molar-refractivity contribution is 5.38. The van der Waals surface area contributed by atoms with Gasteiger partial charge in [-0.2, -0.15) is 0 Å². The zero-order valence-corrected chi connectivity index (χ0v) is 22.5. The second-order valence-corrected chi connectivity index (χ2v) is 12.6. The summed E-state index contributed by atoms with van der Waals surface area (Å²) in [6.07, 6.45) is 16.6. The van der Waals surface area contributed by atoms with Crippen molar-refractivity contribution in [2.75, 3.05) is 13.2 Å². The van der Waals surface area contributed by atoms with Gasteiger partial charge in [-0.05, 0) is 111 Å². The van der Waals surface area contributed by atoms with Gasteiger partial charge >= 0.3 is 0 Å². The standard InChI is InChI=1S/C31H50O4/c1-5-31(34,6-2)15-8-18-35-21-30(16-17-30)28-13-12-26-23(9-7-14-29(26,28)4)10-11-24-19-25(32)20-27(33)22(24)3/h10-11,25-28,32-34H,3,5-9,12-21H2,1-2,4H3/t25-,26+,27+,28+,29+/m1/s1. The van der Waals surface area contributed by atoms with Crippen LogP contribution in [0.5, 0.6) is 0 Å². The minimum Gasteiger partial charge on any atom is -0.393 e. The number of allylic oxidation sites excluding steroid dienone is 3. The van der Waals surface area contributed by atoms with Gasteiger partial charge in [0.05, 0.1) is 24.4 Å². The predicted molar refractivity (Wildman–Crippen MR) is 142 cm³/mol. The molecule has 0 bridgehead atoms. The molecule has 35 heavy (non-hydrogen) atoms. The molecular weight excluding hydrogens is 436 g/mol. The van der Waals surface area contributed by atoms with Gasteiger partial charge in [0.25, 0.3) is 0 Å². The second kappa shape index (κ2) is 10.8. The van der Waals surface area contributed by atoms with Crippen LogP contribution < -0.4 is 0 Å². The van der Waals surface area contributed by atoms with Crippen molar-refractivity contribution in [2.45, 2.75) is 122 Å². The molecular formula is C31H50O4. The van der Waals surface area contributed by atoms with E-state index in [1.807, 2.05) is 0 Å². The quantitative estimate of drug-likeness (QED) is 0.319. The third-order valence-electron chi connectivity index (χ3n) is 10.5. The minimum absolute atomic E-state index is 0.343. The molecule has 0 unspecified atom stereocenters. The Balaban J connectivity index is 1.38. The second-order valence-electron chi connectivity index (χ2n) is 12.6. The van der Waals surface area contributed by atoms with Crippen molar-refractivity contribution < 1.29 is 20.1 Å². The molecule has 198 valence electrons. The van der Waals surface area contributed by atoms with E-state index in [0.29, 0.717) is 29.6 Å². The average molecular weight is 487 g/mol. The summed E-state index contributed by atoms with van der Waals surface area (Å²) in [6, 6.07) is 0. The van der Waals surface area contributed by atoms with Crippen LogP contribution in [0.25, 0.3) is 0 Å². The molecule has 0 saturated heterocycles. The van der Waals surface area contributed by atoms with Crippen LogP contribution in [0.15, 0.2) is 35.5 Å². The topological polar surface area (TPSA) is 69.9 Å². The predicted octanol–water partition coefficient (Wildman–Crippen LogP) is 6.26. The Kier molecular flexibility index (Phi) is 8.37. The average Bonchev–Trinajstić information content (AvgIpc) is 3.52. The fraction of sp³-hybridized carbons (Fsp3) is 0.806. The zero-order chi connectivity index (χ0) is 25.3. The minimum atomic E-state index is -0.622. The fourth-order valence-electron chi connectivity index (χ4n) is 7.85. The molecule has 4 saturated carbocycles. The molecule has 0 amide bonds. The lowest BCUT2D eigenvalue weighted by molar-refractivity contribution is -0.00669. The maximum absolute atomic E-state index is 10.5. The van der Waals surface area contributed by atoms with Crippen molar-refractivity contribution in [3.63, 3.8) is 0 Å². The Morgan fingerprint density at radius 1 is 1.11 bits per heavy atom. The van der Waals surface area contributed by atoms with Crippen LogP contribution in [0.1, 0.15) is 104 Å². The number of hydrogen-bond donors (Lipinski definition) is 3. The van der Waals surface area contributed by atoms with E-state index in [1.165, 1.54) is 38.5 Å². The third kappa shape index (κ3) is 5.66. The molecule has 0 aromatic carbocycles. The first-order valence-electron chi connectivity index (χ1n) is 14.4. The van der Waals surface area contributed by atoms with E-state index in [4.69, 9.17) is 4.74 Å². The zero-order valence-electron chi connectivity index (χ0n) is 22.5. The molecule has 0 radical (unpaired) electrons. The molecule has 4 nitrogen and oxygen atoms in total. The lowest BCUT2D eigenvalue weighted by atomic mass is 9.60. The Labute approximate surface area is 213 Å². The Morgan fingerprint density at radius 3 is 2.54 bits per heavy atom. The lowest BCUT2D eigenvalue weighted by Gasteiger charge is -2.45. The molecule has 5 atom stereocenters. The molecule has 4 heteroatoms. The van der Waals surface area contributed by atoms with E-state index in [-0.39, 0.29) is 0 Å². The molecule has 4 aliphatic carbocycles.